The van der Waals surface area contributed by atoms with Crippen molar-refractivity contribution in [2.45, 2.75) is 0 Å². The first-order chi connectivity index (χ1) is 23.8. The van der Waals surface area contributed by atoms with Crippen LogP contribution in [0, 0.1) is 0 Å². The molecule has 0 bridgehead atoms. The van der Waals surface area contributed by atoms with Gasteiger partial charge < -0.3 is 4.57 Å². The Bertz CT molecular complexity index is 2930. The molecular formula is C45H27N3. The van der Waals surface area contributed by atoms with Gasteiger partial charge in [0.1, 0.15) is 5.82 Å². The van der Waals surface area contributed by atoms with E-state index >= 15 is 0 Å². The molecule has 10 aromatic rings. The van der Waals surface area contributed by atoms with E-state index in [0.29, 0.717) is 0 Å². The second kappa shape index (κ2) is 9.54. The van der Waals surface area contributed by atoms with E-state index in [9.17, 15) is 0 Å². The maximum absolute atomic E-state index is 5.13. The first kappa shape index (κ1) is 25.7. The Labute approximate surface area is 276 Å². The monoisotopic (exact) mass is 609 g/mol. The second-order valence-electron chi connectivity index (χ2n) is 12.8. The fraction of sp³-hybridized carbons (Fsp3) is 0. The van der Waals surface area contributed by atoms with Gasteiger partial charge in [-0.1, -0.05) is 103 Å². The molecule has 0 fully saturated rings. The zero-order valence-electron chi connectivity index (χ0n) is 25.9. The number of nitrogens with zero attached hydrogens (tertiary/aromatic N) is 3. The normalized spacial score (nSPS) is 12.2. The van der Waals surface area contributed by atoms with Crippen LogP contribution in [0.2, 0.25) is 0 Å². The van der Waals surface area contributed by atoms with Gasteiger partial charge in [0.2, 0.25) is 0 Å². The Balaban J connectivity index is 1.20. The summed E-state index contributed by atoms with van der Waals surface area (Å²) in [5, 5.41) is 7.74. The number of rotatable bonds is 3. The van der Waals surface area contributed by atoms with E-state index in [1.807, 2.05) is 0 Å². The van der Waals surface area contributed by atoms with Crippen molar-refractivity contribution >= 4 is 54.4 Å². The van der Waals surface area contributed by atoms with Gasteiger partial charge in [-0.05, 0) is 99.1 Å². The van der Waals surface area contributed by atoms with Crippen LogP contribution >= 0.6 is 0 Å². The van der Waals surface area contributed by atoms with Gasteiger partial charge in [-0.25, -0.2) is 4.98 Å². The fourth-order valence-electron chi connectivity index (χ4n) is 8.23. The van der Waals surface area contributed by atoms with Gasteiger partial charge in [-0.15, -0.1) is 0 Å². The zero-order valence-corrected chi connectivity index (χ0v) is 25.9. The second-order valence-corrected chi connectivity index (χ2v) is 12.8. The van der Waals surface area contributed by atoms with Gasteiger partial charge in [-0.3, -0.25) is 4.57 Å². The van der Waals surface area contributed by atoms with Crippen molar-refractivity contribution in [1.29, 1.82) is 0 Å². The number of benzene rings is 8. The van der Waals surface area contributed by atoms with E-state index in [1.165, 1.54) is 65.6 Å². The molecule has 0 saturated heterocycles. The molecule has 222 valence electrons. The predicted molar refractivity (Wildman–Crippen MR) is 200 cm³/mol. The van der Waals surface area contributed by atoms with Gasteiger partial charge in [0.15, 0.2) is 0 Å². The smallest absolute Gasteiger partial charge is 0.145 e. The first-order valence-corrected chi connectivity index (χ1v) is 16.5. The van der Waals surface area contributed by atoms with Crippen LogP contribution in [0.3, 0.4) is 0 Å². The third-order valence-electron chi connectivity index (χ3n) is 10.2. The van der Waals surface area contributed by atoms with Gasteiger partial charge in [0, 0.05) is 33.1 Å². The van der Waals surface area contributed by atoms with Crippen LogP contribution in [0.4, 0.5) is 0 Å². The Hall–Kier alpha value is -6.45. The average Bonchev–Trinajstić information content (AvgIpc) is 3.82. The SMILES string of the molecule is c1ccc(-n2c(-c3ccc(-n4c5ccc6ccccc6c5c5cc6c7c(cccc7c54)-c4ccccc4-6)cc3)nc3ccccc32)cc1. The summed E-state index contributed by atoms with van der Waals surface area (Å²) >= 11 is 0. The fourth-order valence-corrected chi connectivity index (χ4v) is 8.23. The van der Waals surface area contributed by atoms with Gasteiger partial charge >= 0.3 is 0 Å². The highest BCUT2D eigenvalue weighted by Gasteiger charge is 2.26. The highest BCUT2D eigenvalue weighted by molar-refractivity contribution is 6.31. The molecule has 0 saturated carbocycles. The van der Waals surface area contributed by atoms with Gasteiger partial charge in [0.05, 0.1) is 22.1 Å². The molecule has 8 aromatic carbocycles. The molecule has 11 rings (SSSR count). The number of hydrogen-bond acceptors (Lipinski definition) is 1. The molecule has 3 nitrogen and oxygen atoms in total. The van der Waals surface area contributed by atoms with E-state index < -0.39 is 0 Å². The maximum atomic E-state index is 5.13. The minimum atomic E-state index is 0.936. The van der Waals surface area contributed by atoms with Crippen molar-refractivity contribution in [2.75, 3.05) is 0 Å². The standard InChI is InChI=1S/C45H27N3/c1-2-12-30(13-3-1)48-40-20-9-8-19-39(40)46-45(48)29-21-24-31(25-22-29)47-41-26-23-28-11-4-5-14-32(28)43(41)38-27-37-34-16-7-6-15-33(34)35-17-10-18-36(42(35)37)44(38)47/h1-27H. The molecule has 0 spiro atoms. The lowest BCUT2D eigenvalue weighted by atomic mass is 9.97. The molecule has 0 aliphatic heterocycles. The number of aromatic nitrogens is 3. The van der Waals surface area contributed by atoms with Crippen LogP contribution in [-0.2, 0) is 0 Å². The molecule has 2 aromatic heterocycles. The summed E-state index contributed by atoms with van der Waals surface area (Å²) in [7, 11) is 0. The lowest BCUT2D eigenvalue weighted by molar-refractivity contribution is 1.10. The first-order valence-electron chi connectivity index (χ1n) is 16.5. The molecule has 0 amide bonds. The molecule has 0 radical (unpaired) electrons. The number of hydrogen-bond donors (Lipinski definition) is 0. The molecule has 0 atom stereocenters. The molecular weight excluding hydrogens is 583 g/mol. The topological polar surface area (TPSA) is 22.8 Å². The maximum Gasteiger partial charge on any atom is 0.145 e. The van der Waals surface area contributed by atoms with Crippen LogP contribution < -0.4 is 0 Å². The summed E-state index contributed by atoms with van der Waals surface area (Å²) < 4.78 is 4.74. The van der Waals surface area contributed by atoms with Crippen LogP contribution in [0.1, 0.15) is 0 Å². The van der Waals surface area contributed by atoms with E-state index in [2.05, 4.69) is 173 Å². The van der Waals surface area contributed by atoms with Crippen molar-refractivity contribution in [1.82, 2.24) is 14.1 Å². The third-order valence-corrected chi connectivity index (χ3v) is 10.2. The lowest BCUT2D eigenvalue weighted by Gasteiger charge is -2.13. The van der Waals surface area contributed by atoms with E-state index in [1.54, 1.807) is 0 Å². The molecule has 2 heterocycles. The van der Waals surface area contributed by atoms with Crippen LogP contribution in [0.15, 0.2) is 164 Å². The Morgan fingerprint density at radius 3 is 1.96 bits per heavy atom. The summed E-state index contributed by atoms with van der Waals surface area (Å²) in [5.41, 5.74) is 13.1. The molecule has 0 unspecified atom stereocenters. The number of imidazole rings is 1. The van der Waals surface area contributed by atoms with E-state index in [-0.39, 0.29) is 0 Å². The minimum Gasteiger partial charge on any atom is -0.309 e. The predicted octanol–water partition coefficient (Wildman–Crippen LogP) is 11.7. The Morgan fingerprint density at radius 2 is 1.08 bits per heavy atom. The average molecular weight is 610 g/mol. The largest absolute Gasteiger partial charge is 0.309 e. The van der Waals surface area contributed by atoms with E-state index in [4.69, 9.17) is 4.98 Å². The third kappa shape index (κ3) is 3.40. The van der Waals surface area contributed by atoms with Crippen molar-refractivity contribution in [3.05, 3.63) is 164 Å². The molecule has 1 aliphatic carbocycles. The number of fused-ring (bicyclic) bond motifs is 10. The zero-order chi connectivity index (χ0) is 31.3. The summed E-state index contributed by atoms with van der Waals surface area (Å²) in [6, 6.07) is 59.3. The number of para-hydroxylation sites is 3. The van der Waals surface area contributed by atoms with E-state index in [0.717, 1.165) is 33.8 Å². The van der Waals surface area contributed by atoms with Gasteiger partial charge in [0.25, 0.3) is 0 Å². The van der Waals surface area contributed by atoms with Crippen molar-refractivity contribution in [3.63, 3.8) is 0 Å². The molecule has 3 heteroatoms. The Morgan fingerprint density at radius 1 is 0.396 bits per heavy atom. The summed E-state index contributed by atoms with van der Waals surface area (Å²) in [4.78, 5) is 5.13. The highest BCUT2D eigenvalue weighted by Crippen LogP contribution is 2.51. The summed E-state index contributed by atoms with van der Waals surface area (Å²) in [6.45, 7) is 0. The molecule has 48 heavy (non-hydrogen) atoms. The lowest BCUT2D eigenvalue weighted by Crippen LogP contribution is -1.98. The molecule has 1 aliphatic rings. The summed E-state index contributed by atoms with van der Waals surface area (Å²) in [5.74, 6) is 0.936. The minimum absolute atomic E-state index is 0.936. The summed E-state index contributed by atoms with van der Waals surface area (Å²) in [6.07, 6.45) is 0. The van der Waals surface area contributed by atoms with Crippen LogP contribution in [0.25, 0.3) is 99.4 Å². The van der Waals surface area contributed by atoms with Crippen LogP contribution in [-0.4, -0.2) is 14.1 Å². The molecule has 0 N–H and O–H groups in total. The van der Waals surface area contributed by atoms with Crippen LogP contribution in [0.5, 0.6) is 0 Å². The van der Waals surface area contributed by atoms with Crippen molar-refractivity contribution < 1.29 is 0 Å². The Kier molecular flexibility index (Phi) is 5.11. The quantitative estimate of drug-likeness (QED) is 0.195. The van der Waals surface area contributed by atoms with Crippen molar-refractivity contribution in [3.8, 4) is 45.0 Å². The highest BCUT2D eigenvalue weighted by atomic mass is 15.1. The van der Waals surface area contributed by atoms with Gasteiger partial charge in [-0.2, -0.15) is 0 Å². The van der Waals surface area contributed by atoms with Crippen molar-refractivity contribution in [2.24, 2.45) is 0 Å².